The molecule has 1 fully saturated rings. The predicted molar refractivity (Wildman–Crippen MR) is 82.6 cm³/mol. The molecule has 0 spiro atoms. The second-order valence-corrected chi connectivity index (χ2v) is 6.22. The zero-order valence-corrected chi connectivity index (χ0v) is 13.2. The summed E-state index contributed by atoms with van der Waals surface area (Å²) in [5.41, 5.74) is 0. The molecule has 21 heavy (non-hydrogen) atoms. The highest BCUT2D eigenvalue weighted by molar-refractivity contribution is 7.09. The number of ether oxygens (including phenoxy) is 2. The van der Waals surface area contributed by atoms with Gasteiger partial charge in [-0.1, -0.05) is 6.07 Å². The molecule has 1 saturated heterocycles. The molecule has 1 aromatic heterocycles. The summed E-state index contributed by atoms with van der Waals surface area (Å²) >= 11 is 1.78. The third kappa shape index (κ3) is 5.47. The molecule has 1 N–H and O–H groups in total. The number of hydrogen-bond donors (Lipinski definition) is 1. The molecule has 0 saturated carbocycles. The van der Waals surface area contributed by atoms with E-state index >= 15 is 0 Å². The smallest absolute Gasteiger partial charge is 0.315 e. The summed E-state index contributed by atoms with van der Waals surface area (Å²) in [6, 6.07) is 4.22. The highest BCUT2D eigenvalue weighted by atomic mass is 32.1. The number of esters is 1. The maximum atomic E-state index is 11.6. The molecular weight excluding hydrogens is 288 g/mol. The maximum Gasteiger partial charge on any atom is 0.315 e. The Morgan fingerprint density at radius 1 is 1.52 bits per heavy atom. The Morgan fingerprint density at radius 2 is 2.38 bits per heavy atom. The van der Waals surface area contributed by atoms with Gasteiger partial charge in [0.05, 0.1) is 13.2 Å². The first-order chi connectivity index (χ1) is 10.2. The predicted octanol–water partition coefficient (Wildman–Crippen LogP) is 2.52. The normalized spacial score (nSPS) is 18.6. The van der Waals surface area contributed by atoms with Gasteiger partial charge in [0.2, 0.25) is 0 Å². The molecule has 5 nitrogen and oxygen atoms in total. The average molecular weight is 310 g/mol. The number of carbonyl (C=O) groups excluding carboxylic acids is 1. The number of likely N-dealkylation sites (tertiary alicyclic amines) is 1. The zero-order valence-electron chi connectivity index (χ0n) is 12.3. The van der Waals surface area contributed by atoms with Crippen LogP contribution in [-0.2, 0) is 20.8 Å². The molecular formula is C15H22N2O3S. The van der Waals surface area contributed by atoms with Crippen LogP contribution < -0.4 is 0 Å². The van der Waals surface area contributed by atoms with Crippen LogP contribution in [0.3, 0.4) is 0 Å². The largest absolute Gasteiger partial charge is 0.481 e. The van der Waals surface area contributed by atoms with Gasteiger partial charge in [-0.15, -0.1) is 11.3 Å². The van der Waals surface area contributed by atoms with E-state index in [-0.39, 0.29) is 18.3 Å². The van der Waals surface area contributed by atoms with Crippen molar-refractivity contribution in [2.45, 2.75) is 26.3 Å². The lowest BCUT2D eigenvalue weighted by atomic mass is 10.1. The van der Waals surface area contributed by atoms with Gasteiger partial charge in [-0.3, -0.25) is 15.1 Å². The van der Waals surface area contributed by atoms with Crippen LogP contribution in [-0.4, -0.2) is 43.1 Å². The van der Waals surface area contributed by atoms with Crippen molar-refractivity contribution in [3.05, 3.63) is 22.4 Å². The average Bonchev–Trinajstić information content (AvgIpc) is 3.09. The molecule has 0 aliphatic carbocycles. The van der Waals surface area contributed by atoms with Crippen molar-refractivity contribution in [3.8, 4) is 0 Å². The van der Waals surface area contributed by atoms with Crippen molar-refractivity contribution < 1.29 is 14.3 Å². The monoisotopic (exact) mass is 310 g/mol. The fourth-order valence-electron chi connectivity index (χ4n) is 2.43. The lowest BCUT2D eigenvalue weighted by Gasteiger charge is -2.15. The number of nitrogens with one attached hydrogen (secondary N) is 1. The minimum absolute atomic E-state index is 0.0201. The summed E-state index contributed by atoms with van der Waals surface area (Å²) in [4.78, 5) is 15.3. The summed E-state index contributed by atoms with van der Waals surface area (Å²) in [5, 5.41) is 9.51. The Hall–Kier alpha value is -1.40. The first-order valence-electron chi connectivity index (χ1n) is 7.28. The third-order valence-corrected chi connectivity index (χ3v) is 4.29. The van der Waals surface area contributed by atoms with E-state index in [0.29, 0.717) is 19.1 Å². The molecule has 2 rings (SSSR count). The summed E-state index contributed by atoms with van der Waals surface area (Å²) in [5.74, 6) is 0.00795. The van der Waals surface area contributed by atoms with E-state index in [9.17, 15) is 4.79 Å². The lowest BCUT2D eigenvalue weighted by Crippen LogP contribution is -2.22. The second kappa shape index (κ2) is 8.14. The van der Waals surface area contributed by atoms with Gasteiger partial charge in [0.1, 0.15) is 6.42 Å². The van der Waals surface area contributed by atoms with Crippen molar-refractivity contribution in [2.24, 2.45) is 5.92 Å². The van der Waals surface area contributed by atoms with E-state index in [0.717, 1.165) is 26.1 Å². The van der Waals surface area contributed by atoms with Crippen LogP contribution in [0.25, 0.3) is 0 Å². The van der Waals surface area contributed by atoms with E-state index in [1.807, 2.05) is 0 Å². The van der Waals surface area contributed by atoms with Gasteiger partial charge < -0.3 is 9.47 Å². The van der Waals surface area contributed by atoms with E-state index < -0.39 is 0 Å². The Morgan fingerprint density at radius 3 is 3.10 bits per heavy atom. The quantitative estimate of drug-likeness (QED) is 0.477. The van der Waals surface area contributed by atoms with Crippen LogP contribution in [0.1, 0.15) is 24.6 Å². The van der Waals surface area contributed by atoms with Crippen molar-refractivity contribution in [1.82, 2.24) is 4.90 Å². The molecule has 6 heteroatoms. The topological polar surface area (TPSA) is 62.6 Å². The molecule has 0 bridgehead atoms. The summed E-state index contributed by atoms with van der Waals surface area (Å²) in [6.45, 7) is 5.65. The van der Waals surface area contributed by atoms with Crippen LogP contribution in [0.2, 0.25) is 0 Å². The molecule has 0 amide bonds. The van der Waals surface area contributed by atoms with E-state index in [4.69, 9.17) is 14.9 Å². The first kappa shape index (κ1) is 16.0. The minimum Gasteiger partial charge on any atom is -0.481 e. The Bertz CT molecular complexity index is 461. The third-order valence-electron chi connectivity index (χ3n) is 3.43. The Labute approximate surface area is 129 Å². The van der Waals surface area contributed by atoms with Crippen LogP contribution in [0.5, 0.6) is 0 Å². The number of hydrogen-bond acceptors (Lipinski definition) is 6. The highest BCUT2D eigenvalue weighted by Crippen LogP contribution is 2.20. The zero-order chi connectivity index (χ0) is 15.1. The van der Waals surface area contributed by atoms with Crippen LogP contribution >= 0.6 is 11.3 Å². The summed E-state index contributed by atoms with van der Waals surface area (Å²) in [7, 11) is 0. The van der Waals surface area contributed by atoms with Gasteiger partial charge in [0.25, 0.3) is 0 Å². The first-order valence-corrected chi connectivity index (χ1v) is 8.16. The van der Waals surface area contributed by atoms with Gasteiger partial charge in [-0.25, -0.2) is 0 Å². The molecule has 0 radical (unpaired) electrons. The molecule has 0 aromatic carbocycles. The molecule has 1 aliphatic heterocycles. The molecule has 1 aliphatic rings. The molecule has 116 valence electrons. The molecule has 1 aromatic rings. The van der Waals surface area contributed by atoms with Gasteiger partial charge in [-0.2, -0.15) is 0 Å². The van der Waals surface area contributed by atoms with Crippen LogP contribution in [0.4, 0.5) is 0 Å². The fraction of sp³-hybridized carbons (Fsp3) is 0.600. The number of carbonyl (C=O) groups is 1. The van der Waals surface area contributed by atoms with Crippen molar-refractivity contribution >= 4 is 23.2 Å². The van der Waals surface area contributed by atoms with Crippen LogP contribution in [0, 0.1) is 11.3 Å². The van der Waals surface area contributed by atoms with Crippen molar-refractivity contribution in [2.75, 3.05) is 26.3 Å². The van der Waals surface area contributed by atoms with Gasteiger partial charge in [0, 0.05) is 23.9 Å². The molecule has 1 atom stereocenters. The fourth-order valence-corrected chi connectivity index (χ4v) is 3.18. The summed E-state index contributed by atoms with van der Waals surface area (Å²) in [6.07, 6.45) is 0.987. The highest BCUT2D eigenvalue weighted by Gasteiger charge is 2.24. The van der Waals surface area contributed by atoms with Gasteiger partial charge >= 0.3 is 5.97 Å². The summed E-state index contributed by atoms with van der Waals surface area (Å²) < 4.78 is 10.2. The number of thiophene rings is 1. The lowest BCUT2D eigenvalue weighted by molar-refractivity contribution is -0.143. The van der Waals surface area contributed by atoms with E-state index in [1.54, 1.807) is 18.3 Å². The van der Waals surface area contributed by atoms with Crippen molar-refractivity contribution in [1.29, 1.82) is 5.41 Å². The number of nitrogens with zero attached hydrogens (tertiary/aromatic N) is 1. The number of rotatable bonds is 7. The van der Waals surface area contributed by atoms with Crippen LogP contribution in [0.15, 0.2) is 17.5 Å². The van der Waals surface area contributed by atoms with E-state index in [1.165, 1.54) is 4.88 Å². The van der Waals surface area contributed by atoms with E-state index in [2.05, 4.69) is 22.4 Å². The SMILES string of the molecule is CCOC(=N)CC(=O)OCC1CCN(Cc2cccs2)C1. The van der Waals surface area contributed by atoms with Gasteiger partial charge in [0.15, 0.2) is 5.90 Å². The van der Waals surface area contributed by atoms with Crippen molar-refractivity contribution in [3.63, 3.8) is 0 Å². The standard InChI is InChI=1S/C15H22N2O3S/c1-2-19-14(16)8-15(18)20-11-12-5-6-17(9-12)10-13-4-3-7-21-13/h3-4,7,12,16H,2,5-6,8-11H2,1H3. The molecule has 2 heterocycles. The van der Waals surface area contributed by atoms with Gasteiger partial charge in [-0.05, 0) is 31.3 Å². The molecule has 1 unspecified atom stereocenters. The Balaban J connectivity index is 1.64. The second-order valence-electron chi connectivity index (χ2n) is 5.19. The maximum absolute atomic E-state index is 11.6. The Kier molecular flexibility index (Phi) is 6.20. The minimum atomic E-state index is -0.370.